The molecule has 1 fully saturated rings. The number of nitrogens with zero attached hydrogens (tertiary/aromatic N) is 1. The molecule has 0 N–H and O–H groups in total. The van der Waals surface area contributed by atoms with Gasteiger partial charge < -0.3 is 4.90 Å². The first kappa shape index (κ1) is 19.4. The van der Waals surface area contributed by atoms with Gasteiger partial charge in [0.05, 0.1) is 16.5 Å². The van der Waals surface area contributed by atoms with Gasteiger partial charge in [-0.25, -0.2) is 12.8 Å². The van der Waals surface area contributed by atoms with E-state index in [1.165, 1.54) is 28.4 Å². The van der Waals surface area contributed by atoms with Crippen molar-refractivity contribution in [2.24, 2.45) is 0 Å². The summed E-state index contributed by atoms with van der Waals surface area (Å²) in [5, 5.41) is 1.16. The minimum atomic E-state index is -3.19. The molecule has 0 radical (unpaired) electrons. The Bertz CT molecular complexity index is 1160. The fourth-order valence-corrected chi connectivity index (χ4v) is 6.70. The van der Waals surface area contributed by atoms with E-state index >= 15 is 0 Å². The number of halogens is 2. The third-order valence-electron chi connectivity index (χ3n) is 4.88. The average molecular weight is 438 g/mol. The van der Waals surface area contributed by atoms with Gasteiger partial charge in [0.15, 0.2) is 9.84 Å². The number of carbonyl (C=O) groups excluding carboxylic acids is 1. The fraction of sp³-hybridized carbons (Fsp3) is 0.250. The first-order chi connectivity index (χ1) is 13.3. The van der Waals surface area contributed by atoms with Crippen molar-refractivity contribution in [3.05, 3.63) is 69.8 Å². The zero-order chi connectivity index (χ0) is 19.9. The number of hydrogen-bond acceptors (Lipinski definition) is 4. The Labute approximate surface area is 171 Å². The molecule has 1 aromatic heterocycles. The summed E-state index contributed by atoms with van der Waals surface area (Å²) in [6.45, 7) is 0.126. The molecule has 0 bridgehead atoms. The monoisotopic (exact) mass is 437 g/mol. The molecular formula is C20H17ClFNO3S2. The number of sulfone groups is 1. The fourth-order valence-electron chi connectivity index (χ4n) is 3.50. The Morgan fingerprint density at radius 2 is 2.00 bits per heavy atom. The second-order valence-corrected chi connectivity index (χ2v) is 10.5. The number of rotatable bonds is 4. The van der Waals surface area contributed by atoms with Crippen molar-refractivity contribution in [3.8, 4) is 0 Å². The number of hydrogen-bond donors (Lipinski definition) is 0. The van der Waals surface area contributed by atoms with Crippen molar-refractivity contribution >= 4 is 48.8 Å². The highest BCUT2D eigenvalue weighted by Crippen LogP contribution is 2.37. The molecule has 8 heteroatoms. The van der Waals surface area contributed by atoms with E-state index in [0.29, 0.717) is 21.9 Å². The van der Waals surface area contributed by atoms with Gasteiger partial charge >= 0.3 is 0 Å². The van der Waals surface area contributed by atoms with Crippen LogP contribution in [0.15, 0.2) is 48.5 Å². The van der Waals surface area contributed by atoms with Gasteiger partial charge in [-0.15, -0.1) is 11.3 Å². The lowest BCUT2D eigenvalue weighted by atomic mass is 10.1. The number of fused-ring (bicyclic) bond motifs is 1. The number of amides is 1. The minimum absolute atomic E-state index is 0.0464. The third-order valence-corrected chi connectivity index (χ3v) is 8.29. The second-order valence-electron chi connectivity index (χ2n) is 6.86. The smallest absolute Gasteiger partial charge is 0.266 e. The Balaban J connectivity index is 1.73. The highest BCUT2D eigenvalue weighted by Gasteiger charge is 2.36. The van der Waals surface area contributed by atoms with Crippen molar-refractivity contribution in [2.45, 2.75) is 19.0 Å². The maximum absolute atomic E-state index is 13.6. The van der Waals surface area contributed by atoms with Crippen molar-refractivity contribution in [1.82, 2.24) is 4.90 Å². The predicted molar refractivity (Wildman–Crippen MR) is 110 cm³/mol. The Morgan fingerprint density at radius 1 is 1.21 bits per heavy atom. The molecule has 1 amide bonds. The summed E-state index contributed by atoms with van der Waals surface area (Å²) >= 11 is 7.76. The molecule has 0 saturated carbocycles. The minimum Gasteiger partial charge on any atom is -0.330 e. The van der Waals surface area contributed by atoms with Crippen LogP contribution in [0.1, 0.15) is 21.7 Å². The second kappa shape index (κ2) is 7.46. The molecule has 3 aromatic rings. The molecule has 2 aromatic carbocycles. The molecule has 0 spiro atoms. The van der Waals surface area contributed by atoms with Crippen LogP contribution in [-0.4, -0.2) is 36.8 Å². The third kappa shape index (κ3) is 3.79. The summed E-state index contributed by atoms with van der Waals surface area (Å²) in [7, 11) is -3.19. The Morgan fingerprint density at radius 3 is 2.68 bits per heavy atom. The van der Waals surface area contributed by atoms with E-state index in [9.17, 15) is 17.6 Å². The van der Waals surface area contributed by atoms with E-state index in [0.717, 1.165) is 10.1 Å². The van der Waals surface area contributed by atoms with E-state index in [1.807, 2.05) is 24.3 Å². The summed E-state index contributed by atoms with van der Waals surface area (Å²) in [6.07, 6.45) is 0.367. The molecular weight excluding hydrogens is 421 g/mol. The molecule has 2 heterocycles. The lowest BCUT2D eigenvalue weighted by molar-refractivity contribution is 0.0686. The summed E-state index contributed by atoms with van der Waals surface area (Å²) in [5.41, 5.74) is 0.606. The SMILES string of the molecule is O=C(c1sc2ccccc2c1Cl)N(Cc1cccc(F)c1)[C@H]1CCS(=O)(=O)C1. The van der Waals surface area contributed by atoms with Crippen LogP contribution in [0.25, 0.3) is 10.1 Å². The molecule has 1 aliphatic heterocycles. The molecule has 0 unspecified atom stereocenters. The van der Waals surface area contributed by atoms with Crippen LogP contribution in [0.4, 0.5) is 4.39 Å². The van der Waals surface area contributed by atoms with E-state index in [-0.39, 0.29) is 24.0 Å². The van der Waals surface area contributed by atoms with Gasteiger partial charge in [-0.1, -0.05) is 41.9 Å². The van der Waals surface area contributed by atoms with Gasteiger partial charge in [0, 0.05) is 22.7 Å². The molecule has 4 nitrogen and oxygen atoms in total. The van der Waals surface area contributed by atoms with Gasteiger partial charge in [-0.05, 0) is 30.2 Å². The quantitative estimate of drug-likeness (QED) is 0.602. The van der Waals surface area contributed by atoms with E-state index < -0.39 is 21.7 Å². The normalized spacial score (nSPS) is 18.4. The molecule has 28 heavy (non-hydrogen) atoms. The Hall–Kier alpha value is -1.96. The molecule has 146 valence electrons. The number of carbonyl (C=O) groups is 1. The first-order valence-corrected chi connectivity index (χ1v) is 11.8. The molecule has 1 atom stereocenters. The maximum Gasteiger partial charge on any atom is 0.266 e. The highest BCUT2D eigenvalue weighted by molar-refractivity contribution is 7.91. The van der Waals surface area contributed by atoms with Crippen LogP contribution < -0.4 is 0 Å². The maximum atomic E-state index is 13.6. The summed E-state index contributed by atoms with van der Waals surface area (Å²) in [5.74, 6) is -0.761. The van der Waals surface area contributed by atoms with Crippen molar-refractivity contribution in [2.75, 3.05) is 11.5 Å². The number of benzene rings is 2. The van der Waals surface area contributed by atoms with Crippen molar-refractivity contribution in [1.29, 1.82) is 0 Å². The van der Waals surface area contributed by atoms with E-state index in [4.69, 9.17) is 11.6 Å². The van der Waals surface area contributed by atoms with Crippen LogP contribution in [0.2, 0.25) is 5.02 Å². The standard InChI is InChI=1S/C20H17ClFNO3S2/c21-18-16-6-1-2-7-17(16)27-19(18)20(24)23(15-8-9-28(25,26)12-15)11-13-4-3-5-14(22)10-13/h1-7,10,15H,8-9,11-12H2/t15-/m0/s1. The van der Waals surface area contributed by atoms with Crippen LogP contribution >= 0.6 is 22.9 Å². The topological polar surface area (TPSA) is 54.5 Å². The van der Waals surface area contributed by atoms with Gasteiger partial charge in [0.2, 0.25) is 0 Å². The van der Waals surface area contributed by atoms with Gasteiger partial charge in [-0.2, -0.15) is 0 Å². The zero-order valence-electron chi connectivity index (χ0n) is 14.8. The van der Waals surface area contributed by atoms with Gasteiger partial charge in [-0.3, -0.25) is 4.79 Å². The van der Waals surface area contributed by atoms with Crippen molar-refractivity contribution < 1.29 is 17.6 Å². The number of thiophene rings is 1. The van der Waals surface area contributed by atoms with Gasteiger partial charge in [0.25, 0.3) is 5.91 Å². The molecule has 0 aliphatic carbocycles. The summed E-state index contributed by atoms with van der Waals surface area (Å²) in [6, 6.07) is 13.0. The summed E-state index contributed by atoms with van der Waals surface area (Å²) < 4.78 is 38.5. The molecule has 1 saturated heterocycles. The largest absolute Gasteiger partial charge is 0.330 e. The first-order valence-electron chi connectivity index (χ1n) is 8.77. The molecule has 4 rings (SSSR count). The predicted octanol–water partition coefficient (Wildman–Crippen LogP) is 4.52. The lowest BCUT2D eigenvalue weighted by Gasteiger charge is -2.28. The Kier molecular flexibility index (Phi) is 5.16. The van der Waals surface area contributed by atoms with E-state index in [2.05, 4.69) is 0 Å². The van der Waals surface area contributed by atoms with Crippen molar-refractivity contribution in [3.63, 3.8) is 0 Å². The van der Waals surface area contributed by atoms with Crippen LogP contribution in [0, 0.1) is 5.82 Å². The average Bonchev–Trinajstić information content (AvgIpc) is 3.19. The van der Waals surface area contributed by atoms with Gasteiger partial charge in [0.1, 0.15) is 10.7 Å². The van der Waals surface area contributed by atoms with Crippen LogP contribution in [0.5, 0.6) is 0 Å². The lowest BCUT2D eigenvalue weighted by Crippen LogP contribution is -2.40. The van der Waals surface area contributed by atoms with Crippen LogP contribution in [-0.2, 0) is 16.4 Å². The molecule has 1 aliphatic rings. The summed E-state index contributed by atoms with van der Waals surface area (Å²) in [4.78, 5) is 15.3. The highest BCUT2D eigenvalue weighted by atomic mass is 35.5. The zero-order valence-corrected chi connectivity index (χ0v) is 17.2. The van der Waals surface area contributed by atoms with E-state index in [1.54, 1.807) is 12.1 Å². The van der Waals surface area contributed by atoms with Crippen LogP contribution in [0.3, 0.4) is 0 Å².